The molecule has 1 aromatic rings. The van der Waals surface area contributed by atoms with E-state index in [2.05, 4.69) is 20.8 Å². The number of hydrogen-bond donors (Lipinski definition) is 1. The first-order valence-corrected chi connectivity index (χ1v) is 6.41. The lowest BCUT2D eigenvalue weighted by Crippen LogP contribution is -2.12. The lowest BCUT2D eigenvalue weighted by atomic mass is 10.2. The molecule has 0 spiro atoms. The highest BCUT2D eigenvalue weighted by atomic mass is 32.2. The SMILES string of the molecule is CCOC(=O)c1cccc(N)c1SC(C)(C)C. The van der Waals surface area contributed by atoms with E-state index in [0.717, 1.165) is 4.90 Å². The van der Waals surface area contributed by atoms with Gasteiger partial charge in [-0.15, -0.1) is 11.8 Å². The molecule has 2 N–H and O–H groups in total. The minimum absolute atomic E-state index is 0.00326. The number of hydrogen-bond acceptors (Lipinski definition) is 4. The fourth-order valence-corrected chi connectivity index (χ4v) is 2.40. The summed E-state index contributed by atoms with van der Waals surface area (Å²) in [6.07, 6.45) is 0. The van der Waals surface area contributed by atoms with E-state index in [-0.39, 0.29) is 10.7 Å². The van der Waals surface area contributed by atoms with Gasteiger partial charge in [-0.3, -0.25) is 0 Å². The third-order valence-electron chi connectivity index (χ3n) is 1.95. The molecule has 1 aromatic carbocycles. The molecular weight excluding hydrogens is 234 g/mol. The highest BCUT2D eigenvalue weighted by molar-refractivity contribution is 8.00. The lowest BCUT2D eigenvalue weighted by Gasteiger charge is -2.20. The Morgan fingerprint density at radius 2 is 2.06 bits per heavy atom. The van der Waals surface area contributed by atoms with Gasteiger partial charge in [0.25, 0.3) is 0 Å². The van der Waals surface area contributed by atoms with Gasteiger partial charge in [0.15, 0.2) is 0 Å². The molecule has 94 valence electrons. The second kappa shape index (κ2) is 5.45. The van der Waals surface area contributed by atoms with E-state index in [9.17, 15) is 4.79 Å². The molecule has 0 aliphatic carbocycles. The molecule has 4 heteroatoms. The zero-order valence-electron chi connectivity index (χ0n) is 10.7. The van der Waals surface area contributed by atoms with Crippen molar-refractivity contribution < 1.29 is 9.53 Å². The lowest BCUT2D eigenvalue weighted by molar-refractivity contribution is 0.0522. The standard InChI is InChI=1S/C13H19NO2S/c1-5-16-12(15)9-7-6-8-10(14)11(9)17-13(2,3)4/h6-8H,5,14H2,1-4H3. The van der Waals surface area contributed by atoms with Gasteiger partial charge in [-0.1, -0.05) is 26.8 Å². The summed E-state index contributed by atoms with van der Waals surface area (Å²) in [7, 11) is 0. The molecule has 3 nitrogen and oxygen atoms in total. The molecule has 0 radical (unpaired) electrons. The molecule has 0 saturated heterocycles. The zero-order chi connectivity index (χ0) is 13.1. The van der Waals surface area contributed by atoms with Gasteiger partial charge in [0.05, 0.1) is 12.2 Å². The quantitative estimate of drug-likeness (QED) is 0.510. The molecule has 0 saturated carbocycles. The van der Waals surface area contributed by atoms with Crippen LogP contribution < -0.4 is 5.73 Å². The normalized spacial score (nSPS) is 11.3. The van der Waals surface area contributed by atoms with Gasteiger partial charge >= 0.3 is 5.97 Å². The second-order valence-electron chi connectivity index (χ2n) is 4.66. The first-order valence-electron chi connectivity index (χ1n) is 5.59. The summed E-state index contributed by atoms with van der Waals surface area (Å²) >= 11 is 1.58. The largest absolute Gasteiger partial charge is 0.462 e. The number of ether oxygens (including phenoxy) is 1. The molecule has 0 heterocycles. The predicted octanol–water partition coefficient (Wildman–Crippen LogP) is 3.34. The van der Waals surface area contributed by atoms with Crippen LogP contribution in [0.3, 0.4) is 0 Å². The summed E-state index contributed by atoms with van der Waals surface area (Å²) in [4.78, 5) is 12.6. The monoisotopic (exact) mass is 253 g/mol. The number of thioether (sulfide) groups is 1. The molecule has 0 fully saturated rings. The number of carbonyl (C=O) groups is 1. The minimum Gasteiger partial charge on any atom is -0.462 e. The average Bonchev–Trinajstić information content (AvgIpc) is 2.19. The topological polar surface area (TPSA) is 52.3 Å². The van der Waals surface area contributed by atoms with Gasteiger partial charge in [0.1, 0.15) is 0 Å². The maximum atomic E-state index is 11.8. The summed E-state index contributed by atoms with van der Waals surface area (Å²) < 4.78 is 5.03. The van der Waals surface area contributed by atoms with E-state index in [1.807, 2.05) is 0 Å². The second-order valence-corrected chi connectivity index (χ2v) is 6.50. The van der Waals surface area contributed by atoms with Crippen LogP contribution in [-0.2, 0) is 4.74 Å². The van der Waals surface area contributed by atoms with Crippen LogP contribution in [0.5, 0.6) is 0 Å². The van der Waals surface area contributed by atoms with Gasteiger partial charge in [0, 0.05) is 15.3 Å². The van der Waals surface area contributed by atoms with E-state index < -0.39 is 0 Å². The number of carbonyl (C=O) groups excluding carboxylic acids is 1. The van der Waals surface area contributed by atoms with Crippen molar-refractivity contribution in [3.63, 3.8) is 0 Å². The number of benzene rings is 1. The number of esters is 1. The first kappa shape index (κ1) is 13.9. The maximum absolute atomic E-state index is 11.8. The smallest absolute Gasteiger partial charge is 0.339 e. The van der Waals surface area contributed by atoms with E-state index in [1.54, 1.807) is 36.9 Å². The van der Waals surface area contributed by atoms with Crippen LogP contribution in [0.25, 0.3) is 0 Å². The van der Waals surface area contributed by atoms with Crippen molar-refractivity contribution in [1.29, 1.82) is 0 Å². The van der Waals surface area contributed by atoms with Crippen molar-refractivity contribution in [3.8, 4) is 0 Å². The van der Waals surface area contributed by atoms with Crippen molar-refractivity contribution in [3.05, 3.63) is 23.8 Å². The minimum atomic E-state index is -0.313. The third-order valence-corrected chi connectivity index (χ3v) is 3.22. The number of rotatable bonds is 3. The van der Waals surface area contributed by atoms with Crippen LogP contribution in [0.2, 0.25) is 0 Å². The van der Waals surface area contributed by atoms with Crippen molar-refractivity contribution in [2.45, 2.75) is 37.3 Å². The van der Waals surface area contributed by atoms with Crippen molar-refractivity contribution in [1.82, 2.24) is 0 Å². The van der Waals surface area contributed by atoms with Gasteiger partial charge in [-0.2, -0.15) is 0 Å². The number of anilines is 1. The molecule has 0 amide bonds. The van der Waals surface area contributed by atoms with Crippen LogP contribution in [-0.4, -0.2) is 17.3 Å². The molecule has 0 atom stereocenters. The maximum Gasteiger partial charge on any atom is 0.339 e. The summed E-state index contributed by atoms with van der Waals surface area (Å²) in [5.74, 6) is -0.313. The Morgan fingerprint density at radius 1 is 1.41 bits per heavy atom. The average molecular weight is 253 g/mol. The van der Waals surface area contributed by atoms with E-state index in [1.165, 1.54) is 0 Å². The molecule has 0 aliphatic heterocycles. The first-order chi connectivity index (χ1) is 7.85. The van der Waals surface area contributed by atoms with Crippen LogP contribution in [0.15, 0.2) is 23.1 Å². The number of nitrogen functional groups attached to an aromatic ring is 1. The van der Waals surface area contributed by atoms with Crippen LogP contribution >= 0.6 is 11.8 Å². The third kappa shape index (κ3) is 3.97. The Labute approximate surface area is 107 Å². The van der Waals surface area contributed by atoms with Gasteiger partial charge in [0.2, 0.25) is 0 Å². The Morgan fingerprint density at radius 3 is 2.59 bits per heavy atom. The summed E-state index contributed by atoms with van der Waals surface area (Å²) in [6.45, 7) is 8.41. The Balaban J connectivity index is 3.13. The molecule has 1 rings (SSSR count). The fourth-order valence-electron chi connectivity index (χ4n) is 1.34. The van der Waals surface area contributed by atoms with E-state index in [4.69, 9.17) is 10.5 Å². The summed E-state index contributed by atoms with van der Waals surface area (Å²) in [5.41, 5.74) is 7.10. The zero-order valence-corrected chi connectivity index (χ0v) is 11.6. The fraction of sp³-hybridized carbons (Fsp3) is 0.462. The predicted molar refractivity (Wildman–Crippen MR) is 72.4 cm³/mol. The molecule has 0 bridgehead atoms. The Bertz CT molecular complexity index is 410. The van der Waals surface area contributed by atoms with E-state index in [0.29, 0.717) is 17.9 Å². The van der Waals surface area contributed by atoms with Gasteiger partial charge in [-0.25, -0.2) is 4.79 Å². The molecule has 0 unspecified atom stereocenters. The van der Waals surface area contributed by atoms with Gasteiger partial charge < -0.3 is 10.5 Å². The highest BCUT2D eigenvalue weighted by Crippen LogP contribution is 2.38. The summed E-state index contributed by atoms with van der Waals surface area (Å²) in [5, 5.41) is 0. The molecular formula is C13H19NO2S. The van der Waals surface area contributed by atoms with Gasteiger partial charge in [-0.05, 0) is 19.1 Å². The van der Waals surface area contributed by atoms with Crippen molar-refractivity contribution in [2.75, 3.05) is 12.3 Å². The van der Waals surface area contributed by atoms with Crippen LogP contribution in [0.1, 0.15) is 38.1 Å². The molecule has 0 aliphatic rings. The van der Waals surface area contributed by atoms with Crippen LogP contribution in [0, 0.1) is 0 Å². The number of nitrogens with two attached hydrogens (primary N) is 1. The van der Waals surface area contributed by atoms with Crippen molar-refractivity contribution >= 4 is 23.4 Å². The Kier molecular flexibility index (Phi) is 4.46. The van der Waals surface area contributed by atoms with Crippen LogP contribution in [0.4, 0.5) is 5.69 Å². The highest BCUT2D eigenvalue weighted by Gasteiger charge is 2.20. The molecule has 17 heavy (non-hydrogen) atoms. The Hall–Kier alpha value is -1.16. The molecule has 0 aromatic heterocycles. The summed E-state index contributed by atoms with van der Waals surface area (Å²) in [6, 6.07) is 5.33. The van der Waals surface area contributed by atoms with E-state index >= 15 is 0 Å². The van der Waals surface area contributed by atoms with Crippen molar-refractivity contribution in [2.24, 2.45) is 0 Å².